The summed E-state index contributed by atoms with van der Waals surface area (Å²) in [5.74, 6) is 0. The number of rotatable bonds is 3. The van der Waals surface area contributed by atoms with Gasteiger partial charge in [0, 0.05) is 35.5 Å². The van der Waals surface area contributed by atoms with Crippen LogP contribution in [0.3, 0.4) is 0 Å². The second-order valence-corrected chi connectivity index (χ2v) is 7.11. The van der Waals surface area contributed by atoms with E-state index in [1.54, 1.807) is 11.3 Å². The zero-order valence-corrected chi connectivity index (χ0v) is 12.8. The van der Waals surface area contributed by atoms with E-state index in [0.717, 1.165) is 34.5 Å². The maximum Gasteiger partial charge on any atom is 0.0843 e. The highest BCUT2D eigenvalue weighted by Crippen LogP contribution is 2.33. The predicted octanol–water partition coefficient (Wildman–Crippen LogP) is 2.43. The molecule has 1 atom stereocenters. The Labute approximate surface area is 116 Å². The number of hydrogen-bond donors (Lipinski definition) is 1. The molecule has 2 heterocycles. The molecule has 1 aliphatic heterocycles. The highest BCUT2D eigenvalue weighted by Gasteiger charge is 2.19. The standard InChI is InChI=1S/C10H14Br2N2OS/c11-9-3-8(16-10(9)12)6-14-1-2-15-7(4-13)5-14/h3,7H,1-2,4-6,13H2. The topological polar surface area (TPSA) is 38.5 Å². The van der Waals surface area contributed by atoms with E-state index in [2.05, 4.69) is 42.8 Å². The molecule has 16 heavy (non-hydrogen) atoms. The van der Waals surface area contributed by atoms with Crippen LogP contribution in [-0.2, 0) is 11.3 Å². The van der Waals surface area contributed by atoms with Crippen molar-refractivity contribution in [3.63, 3.8) is 0 Å². The Morgan fingerprint density at radius 2 is 2.38 bits per heavy atom. The second-order valence-electron chi connectivity index (χ2n) is 3.80. The van der Waals surface area contributed by atoms with Gasteiger partial charge in [0.15, 0.2) is 0 Å². The number of nitrogens with two attached hydrogens (primary N) is 1. The lowest BCUT2D eigenvalue weighted by Crippen LogP contribution is -2.44. The highest BCUT2D eigenvalue weighted by atomic mass is 79.9. The molecule has 1 aromatic heterocycles. The van der Waals surface area contributed by atoms with Gasteiger partial charge >= 0.3 is 0 Å². The van der Waals surface area contributed by atoms with Crippen molar-refractivity contribution in [2.24, 2.45) is 5.73 Å². The van der Waals surface area contributed by atoms with Crippen molar-refractivity contribution >= 4 is 43.2 Å². The smallest absolute Gasteiger partial charge is 0.0843 e. The minimum Gasteiger partial charge on any atom is -0.374 e. The molecule has 3 nitrogen and oxygen atoms in total. The lowest BCUT2D eigenvalue weighted by molar-refractivity contribution is -0.0257. The number of halogens is 2. The van der Waals surface area contributed by atoms with Gasteiger partial charge in [0.2, 0.25) is 0 Å². The van der Waals surface area contributed by atoms with E-state index in [9.17, 15) is 0 Å². The summed E-state index contributed by atoms with van der Waals surface area (Å²) in [6.07, 6.45) is 0.195. The summed E-state index contributed by atoms with van der Waals surface area (Å²) in [4.78, 5) is 3.75. The number of morpholine rings is 1. The molecule has 0 bridgehead atoms. The molecule has 0 saturated carbocycles. The second kappa shape index (κ2) is 5.93. The van der Waals surface area contributed by atoms with Crippen LogP contribution in [0.2, 0.25) is 0 Å². The summed E-state index contributed by atoms with van der Waals surface area (Å²) in [5, 5.41) is 0. The molecular weight excluding hydrogens is 356 g/mol. The minimum atomic E-state index is 0.195. The Balaban J connectivity index is 1.93. The molecule has 6 heteroatoms. The van der Waals surface area contributed by atoms with Crippen molar-refractivity contribution in [3.8, 4) is 0 Å². The van der Waals surface area contributed by atoms with Crippen molar-refractivity contribution in [1.82, 2.24) is 4.90 Å². The van der Waals surface area contributed by atoms with Gasteiger partial charge in [-0.1, -0.05) is 0 Å². The van der Waals surface area contributed by atoms with Crippen LogP contribution < -0.4 is 5.73 Å². The fourth-order valence-electron chi connectivity index (χ4n) is 1.76. The highest BCUT2D eigenvalue weighted by molar-refractivity contribution is 9.13. The summed E-state index contributed by atoms with van der Waals surface area (Å²) in [7, 11) is 0. The van der Waals surface area contributed by atoms with Crippen LogP contribution in [0.25, 0.3) is 0 Å². The van der Waals surface area contributed by atoms with Gasteiger partial charge in [0.1, 0.15) is 0 Å². The van der Waals surface area contributed by atoms with Gasteiger partial charge in [-0.05, 0) is 37.9 Å². The SMILES string of the molecule is NCC1CN(Cc2cc(Br)c(Br)s2)CCO1. The molecule has 0 aromatic carbocycles. The Morgan fingerprint density at radius 3 is 3.00 bits per heavy atom. The number of ether oxygens (including phenoxy) is 1. The van der Waals surface area contributed by atoms with E-state index in [0.29, 0.717) is 6.54 Å². The van der Waals surface area contributed by atoms with Gasteiger partial charge in [-0.3, -0.25) is 4.90 Å². The first-order valence-corrected chi connectivity index (χ1v) is 7.57. The van der Waals surface area contributed by atoms with E-state index >= 15 is 0 Å². The normalized spacial score (nSPS) is 22.6. The van der Waals surface area contributed by atoms with Crippen LogP contribution in [0, 0.1) is 0 Å². The third-order valence-electron chi connectivity index (χ3n) is 2.56. The Morgan fingerprint density at radius 1 is 1.56 bits per heavy atom. The maximum absolute atomic E-state index is 5.62. The first kappa shape index (κ1) is 13.0. The lowest BCUT2D eigenvalue weighted by Gasteiger charge is -2.31. The van der Waals surface area contributed by atoms with Crippen LogP contribution in [0.15, 0.2) is 14.3 Å². The summed E-state index contributed by atoms with van der Waals surface area (Å²) in [6.45, 7) is 4.30. The molecule has 1 unspecified atom stereocenters. The molecule has 90 valence electrons. The fourth-order valence-corrected chi connectivity index (χ4v) is 3.98. The van der Waals surface area contributed by atoms with Crippen molar-refractivity contribution in [2.45, 2.75) is 12.6 Å². The average molecular weight is 370 g/mol. The van der Waals surface area contributed by atoms with Gasteiger partial charge in [0.05, 0.1) is 16.5 Å². The quantitative estimate of drug-likeness (QED) is 0.889. The average Bonchev–Trinajstić information content (AvgIpc) is 2.58. The molecule has 0 radical (unpaired) electrons. The molecule has 1 aliphatic rings. The van der Waals surface area contributed by atoms with Gasteiger partial charge in [-0.2, -0.15) is 0 Å². The van der Waals surface area contributed by atoms with Gasteiger partial charge in [-0.25, -0.2) is 0 Å². The zero-order valence-electron chi connectivity index (χ0n) is 8.79. The number of thiophene rings is 1. The molecular formula is C10H14Br2N2OS. The molecule has 0 spiro atoms. The molecule has 2 N–H and O–H groups in total. The van der Waals surface area contributed by atoms with Gasteiger partial charge < -0.3 is 10.5 Å². The molecule has 1 fully saturated rings. The first-order chi connectivity index (χ1) is 7.69. The molecule has 2 rings (SSSR count). The third-order valence-corrected chi connectivity index (χ3v) is 5.80. The first-order valence-electron chi connectivity index (χ1n) is 5.16. The summed E-state index contributed by atoms with van der Waals surface area (Å²) in [5.41, 5.74) is 5.62. The van der Waals surface area contributed by atoms with Crippen LogP contribution in [0.5, 0.6) is 0 Å². The van der Waals surface area contributed by atoms with Crippen molar-refractivity contribution < 1.29 is 4.74 Å². The van der Waals surface area contributed by atoms with E-state index in [1.807, 2.05) is 0 Å². The monoisotopic (exact) mass is 368 g/mol. The Hall–Kier alpha value is 0.540. The largest absolute Gasteiger partial charge is 0.374 e. The summed E-state index contributed by atoms with van der Waals surface area (Å²) in [6, 6.07) is 2.17. The van der Waals surface area contributed by atoms with Gasteiger partial charge in [0.25, 0.3) is 0 Å². The van der Waals surface area contributed by atoms with E-state index in [-0.39, 0.29) is 6.10 Å². The minimum absolute atomic E-state index is 0.195. The van der Waals surface area contributed by atoms with Crippen molar-refractivity contribution in [3.05, 3.63) is 19.2 Å². The van der Waals surface area contributed by atoms with E-state index < -0.39 is 0 Å². The summed E-state index contributed by atoms with van der Waals surface area (Å²) < 4.78 is 7.84. The van der Waals surface area contributed by atoms with Crippen molar-refractivity contribution in [2.75, 3.05) is 26.2 Å². The van der Waals surface area contributed by atoms with Crippen LogP contribution >= 0.6 is 43.2 Å². The van der Waals surface area contributed by atoms with Crippen LogP contribution in [0.1, 0.15) is 4.88 Å². The molecule has 1 aromatic rings. The van der Waals surface area contributed by atoms with E-state index in [4.69, 9.17) is 10.5 Å². The maximum atomic E-state index is 5.62. The predicted molar refractivity (Wildman–Crippen MR) is 73.8 cm³/mol. The number of nitrogens with zero attached hydrogens (tertiary/aromatic N) is 1. The Bertz CT molecular complexity index is 339. The van der Waals surface area contributed by atoms with Crippen LogP contribution in [0.4, 0.5) is 0 Å². The zero-order chi connectivity index (χ0) is 11.5. The van der Waals surface area contributed by atoms with Gasteiger partial charge in [-0.15, -0.1) is 11.3 Å². The number of hydrogen-bond acceptors (Lipinski definition) is 4. The van der Waals surface area contributed by atoms with E-state index in [1.165, 1.54) is 4.88 Å². The molecule has 0 amide bonds. The van der Waals surface area contributed by atoms with Crippen molar-refractivity contribution in [1.29, 1.82) is 0 Å². The lowest BCUT2D eigenvalue weighted by atomic mass is 10.2. The fraction of sp³-hybridized carbons (Fsp3) is 0.600. The Kier molecular flexibility index (Phi) is 4.81. The molecule has 0 aliphatic carbocycles. The summed E-state index contributed by atoms with van der Waals surface area (Å²) >= 11 is 8.79. The van der Waals surface area contributed by atoms with Crippen LogP contribution in [-0.4, -0.2) is 37.2 Å². The molecule has 1 saturated heterocycles. The third kappa shape index (κ3) is 3.27.